The van der Waals surface area contributed by atoms with Gasteiger partial charge in [0.15, 0.2) is 5.79 Å². The molecule has 0 bridgehead atoms. The highest BCUT2D eigenvalue weighted by Crippen LogP contribution is 2.31. The van der Waals surface area contributed by atoms with Crippen LogP contribution in [0.2, 0.25) is 0 Å². The van der Waals surface area contributed by atoms with Gasteiger partial charge in [-0.1, -0.05) is 24.3 Å². The van der Waals surface area contributed by atoms with E-state index in [-0.39, 0.29) is 5.97 Å². The Labute approximate surface area is 107 Å². The molecule has 0 spiro atoms. The quantitative estimate of drug-likeness (QED) is 0.767. The Morgan fingerprint density at radius 3 is 2.78 bits per heavy atom. The lowest BCUT2D eigenvalue weighted by atomic mass is 10.0. The molecule has 1 aromatic rings. The van der Waals surface area contributed by atoms with Crippen molar-refractivity contribution in [1.29, 1.82) is 0 Å². The first-order valence-corrected chi connectivity index (χ1v) is 6.11. The molecular weight excluding hydrogens is 232 g/mol. The number of benzene rings is 1. The Kier molecular flexibility index (Phi) is 3.99. The number of ether oxygens (including phenoxy) is 3. The summed E-state index contributed by atoms with van der Waals surface area (Å²) in [4.78, 5) is 10.7. The highest BCUT2D eigenvalue weighted by Gasteiger charge is 2.32. The monoisotopic (exact) mass is 250 g/mol. The van der Waals surface area contributed by atoms with Crippen LogP contribution >= 0.6 is 0 Å². The third-order valence-electron chi connectivity index (χ3n) is 2.99. The summed E-state index contributed by atoms with van der Waals surface area (Å²) in [7, 11) is 0. The van der Waals surface area contributed by atoms with Gasteiger partial charge in [-0.05, 0) is 12.5 Å². The van der Waals surface area contributed by atoms with Crippen LogP contribution in [0, 0.1) is 0 Å². The van der Waals surface area contributed by atoms with Crippen LogP contribution in [0.4, 0.5) is 0 Å². The fraction of sp³-hybridized carbons (Fsp3) is 0.500. The third-order valence-corrected chi connectivity index (χ3v) is 2.99. The molecule has 2 rings (SSSR count). The van der Waals surface area contributed by atoms with Crippen LogP contribution < -0.4 is 0 Å². The Balaban J connectivity index is 2.03. The summed E-state index contributed by atoms with van der Waals surface area (Å²) < 4.78 is 16.2. The predicted molar refractivity (Wildman–Crippen MR) is 66.0 cm³/mol. The van der Waals surface area contributed by atoms with E-state index in [2.05, 4.69) is 0 Å². The summed E-state index contributed by atoms with van der Waals surface area (Å²) in [6.45, 7) is 4.97. The number of carbonyl (C=O) groups excluding carboxylic acids is 1. The fourth-order valence-electron chi connectivity index (χ4n) is 2.00. The number of esters is 1. The van der Waals surface area contributed by atoms with E-state index in [0.717, 1.165) is 11.1 Å². The second-order valence-corrected chi connectivity index (χ2v) is 4.43. The molecule has 1 aliphatic heterocycles. The van der Waals surface area contributed by atoms with Gasteiger partial charge in [0, 0.05) is 18.9 Å². The van der Waals surface area contributed by atoms with E-state index in [0.29, 0.717) is 26.2 Å². The Bertz CT molecular complexity index is 422. The zero-order chi connectivity index (χ0) is 13.0. The normalized spacial score (nSPS) is 17.7. The fourth-order valence-corrected chi connectivity index (χ4v) is 2.00. The summed E-state index contributed by atoms with van der Waals surface area (Å²) in [6.07, 6.45) is 0.698. The van der Waals surface area contributed by atoms with Crippen LogP contribution in [0.15, 0.2) is 24.3 Å². The number of hydrogen-bond donors (Lipinski definition) is 0. The first-order valence-electron chi connectivity index (χ1n) is 6.11. The summed E-state index contributed by atoms with van der Waals surface area (Å²) in [5.74, 6) is -0.891. The lowest BCUT2D eigenvalue weighted by Gasteiger charge is -2.23. The second-order valence-electron chi connectivity index (χ2n) is 4.43. The molecule has 4 heteroatoms. The van der Waals surface area contributed by atoms with Gasteiger partial charge in [0.2, 0.25) is 0 Å². The highest BCUT2D eigenvalue weighted by molar-refractivity contribution is 5.65. The van der Waals surface area contributed by atoms with Gasteiger partial charge in [-0.3, -0.25) is 4.79 Å². The van der Waals surface area contributed by atoms with Crippen LogP contribution in [-0.2, 0) is 31.2 Å². The maximum Gasteiger partial charge on any atom is 0.302 e. The van der Waals surface area contributed by atoms with E-state index < -0.39 is 5.79 Å². The lowest BCUT2D eigenvalue weighted by molar-refractivity contribution is -0.149. The van der Waals surface area contributed by atoms with E-state index >= 15 is 0 Å². The molecule has 0 radical (unpaired) electrons. The van der Waals surface area contributed by atoms with Crippen molar-refractivity contribution in [2.75, 3.05) is 19.8 Å². The van der Waals surface area contributed by atoms with Crippen molar-refractivity contribution in [2.24, 2.45) is 0 Å². The van der Waals surface area contributed by atoms with Crippen LogP contribution in [0.3, 0.4) is 0 Å². The first-order chi connectivity index (χ1) is 8.60. The molecule has 98 valence electrons. The van der Waals surface area contributed by atoms with Gasteiger partial charge >= 0.3 is 5.97 Å². The lowest BCUT2D eigenvalue weighted by Crippen LogP contribution is -2.22. The highest BCUT2D eigenvalue weighted by atomic mass is 16.7. The zero-order valence-electron chi connectivity index (χ0n) is 10.8. The molecule has 1 aromatic carbocycles. The van der Waals surface area contributed by atoms with Crippen molar-refractivity contribution in [3.05, 3.63) is 35.4 Å². The van der Waals surface area contributed by atoms with Crippen LogP contribution in [0.1, 0.15) is 25.0 Å². The van der Waals surface area contributed by atoms with Gasteiger partial charge in [0.05, 0.1) is 19.8 Å². The molecule has 0 aromatic heterocycles. The molecule has 18 heavy (non-hydrogen) atoms. The molecule has 1 aliphatic rings. The third kappa shape index (κ3) is 3.09. The maximum atomic E-state index is 10.7. The standard InChI is InChI=1S/C14H18O4/c1-11(15)16-7-6-12-4-3-5-13(10-12)14(2)17-8-9-18-14/h3-5,10H,6-9H2,1-2H3. The number of hydrogen-bond acceptors (Lipinski definition) is 4. The van der Waals surface area contributed by atoms with Crippen molar-refractivity contribution in [3.8, 4) is 0 Å². The minimum Gasteiger partial charge on any atom is -0.466 e. The van der Waals surface area contributed by atoms with Gasteiger partial charge in [0.1, 0.15) is 0 Å². The second kappa shape index (κ2) is 5.50. The van der Waals surface area contributed by atoms with E-state index in [4.69, 9.17) is 14.2 Å². The summed E-state index contributed by atoms with van der Waals surface area (Å²) in [5.41, 5.74) is 2.11. The smallest absolute Gasteiger partial charge is 0.302 e. The largest absolute Gasteiger partial charge is 0.466 e. The minimum atomic E-state index is -0.641. The molecule has 0 saturated carbocycles. The Morgan fingerprint density at radius 1 is 1.39 bits per heavy atom. The molecule has 0 atom stereocenters. The van der Waals surface area contributed by atoms with Crippen LogP contribution in [-0.4, -0.2) is 25.8 Å². The van der Waals surface area contributed by atoms with Crippen molar-refractivity contribution in [1.82, 2.24) is 0 Å². The van der Waals surface area contributed by atoms with E-state index in [1.807, 2.05) is 31.2 Å². The van der Waals surface area contributed by atoms with Crippen LogP contribution in [0.25, 0.3) is 0 Å². The molecule has 0 N–H and O–H groups in total. The summed E-state index contributed by atoms with van der Waals surface area (Å²) in [5, 5.41) is 0. The van der Waals surface area contributed by atoms with Gasteiger partial charge in [-0.25, -0.2) is 0 Å². The van der Waals surface area contributed by atoms with Gasteiger partial charge in [-0.15, -0.1) is 0 Å². The van der Waals surface area contributed by atoms with Gasteiger partial charge < -0.3 is 14.2 Å². The molecular formula is C14H18O4. The van der Waals surface area contributed by atoms with Gasteiger partial charge in [0.25, 0.3) is 0 Å². The number of rotatable bonds is 4. The van der Waals surface area contributed by atoms with Crippen molar-refractivity contribution >= 4 is 5.97 Å². The summed E-state index contributed by atoms with van der Waals surface area (Å²) in [6, 6.07) is 8.00. The Morgan fingerprint density at radius 2 is 2.11 bits per heavy atom. The zero-order valence-corrected chi connectivity index (χ0v) is 10.8. The SMILES string of the molecule is CC(=O)OCCc1cccc(C2(C)OCCO2)c1. The average molecular weight is 250 g/mol. The molecule has 1 fully saturated rings. The molecule has 0 unspecified atom stereocenters. The average Bonchev–Trinajstić information content (AvgIpc) is 2.78. The van der Waals surface area contributed by atoms with E-state index in [1.165, 1.54) is 6.92 Å². The van der Waals surface area contributed by atoms with Gasteiger partial charge in [-0.2, -0.15) is 0 Å². The van der Waals surface area contributed by atoms with E-state index in [9.17, 15) is 4.79 Å². The van der Waals surface area contributed by atoms with Crippen molar-refractivity contribution < 1.29 is 19.0 Å². The molecule has 0 amide bonds. The topological polar surface area (TPSA) is 44.8 Å². The number of carbonyl (C=O) groups is 1. The predicted octanol–water partition coefficient (Wildman–Crippen LogP) is 2.01. The molecule has 1 heterocycles. The van der Waals surface area contributed by atoms with E-state index in [1.54, 1.807) is 0 Å². The maximum absolute atomic E-state index is 10.7. The Hall–Kier alpha value is -1.39. The minimum absolute atomic E-state index is 0.249. The van der Waals surface area contributed by atoms with Crippen LogP contribution in [0.5, 0.6) is 0 Å². The molecule has 0 aliphatic carbocycles. The first kappa shape index (κ1) is 13.1. The van der Waals surface area contributed by atoms with Crippen molar-refractivity contribution in [2.45, 2.75) is 26.1 Å². The summed E-state index contributed by atoms with van der Waals surface area (Å²) >= 11 is 0. The molecule has 4 nitrogen and oxygen atoms in total. The van der Waals surface area contributed by atoms with Crippen molar-refractivity contribution in [3.63, 3.8) is 0 Å². The molecule has 1 saturated heterocycles.